The molecule has 0 aromatic heterocycles. The van der Waals surface area contributed by atoms with Crippen molar-refractivity contribution < 1.29 is 28.6 Å². The summed E-state index contributed by atoms with van der Waals surface area (Å²) in [4.78, 5) is 38.4. The van der Waals surface area contributed by atoms with Crippen molar-refractivity contribution in [3.8, 4) is 0 Å². The Hall–Kier alpha value is -3.41. The number of hydrogen-bond donors (Lipinski definition) is 0. The molecular formula is C75H132O6. The fourth-order valence-corrected chi connectivity index (χ4v) is 10.2. The molecule has 81 heavy (non-hydrogen) atoms. The molecule has 6 nitrogen and oxygen atoms in total. The van der Waals surface area contributed by atoms with Crippen molar-refractivity contribution in [2.24, 2.45) is 0 Å². The van der Waals surface area contributed by atoms with Gasteiger partial charge in [0.25, 0.3) is 0 Å². The third-order valence-corrected chi connectivity index (χ3v) is 15.4. The molecule has 0 heterocycles. The van der Waals surface area contributed by atoms with Crippen LogP contribution in [-0.4, -0.2) is 37.2 Å². The van der Waals surface area contributed by atoms with Gasteiger partial charge in [-0.15, -0.1) is 0 Å². The third kappa shape index (κ3) is 67.3. The molecule has 6 heteroatoms. The van der Waals surface area contributed by atoms with E-state index in [1.54, 1.807) is 0 Å². The minimum absolute atomic E-state index is 0.0735. The zero-order valence-corrected chi connectivity index (χ0v) is 53.8. The largest absolute Gasteiger partial charge is 0.462 e. The summed E-state index contributed by atoms with van der Waals surface area (Å²) in [7, 11) is 0. The Kier molecular flexibility index (Phi) is 66.2. The molecule has 0 aliphatic rings. The van der Waals surface area contributed by atoms with Gasteiger partial charge in [-0.2, -0.15) is 0 Å². The molecule has 0 saturated carbocycles. The van der Waals surface area contributed by atoms with E-state index in [1.807, 2.05) is 0 Å². The topological polar surface area (TPSA) is 78.9 Å². The second-order valence-corrected chi connectivity index (χ2v) is 23.4. The van der Waals surface area contributed by atoms with Crippen molar-refractivity contribution in [3.05, 3.63) is 85.1 Å². The minimum Gasteiger partial charge on any atom is -0.462 e. The highest BCUT2D eigenvalue weighted by Gasteiger charge is 2.19. The maximum Gasteiger partial charge on any atom is 0.306 e. The van der Waals surface area contributed by atoms with Gasteiger partial charge in [-0.3, -0.25) is 14.4 Å². The molecule has 0 aliphatic carbocycles. The Balaban J connectivity index is 4.25. The first kappa shape index (κ1) is 77.6. The van der Waals surface area contributed by atoms with E-state index in [2.05, 4.69) is 106 Å². The van der Waals surface area contributed by atoms with Gasteiger partial charge in [-0.25, -0.2) is 0 Å². The normalized spacial score (nSPS) is 12.6. The van der Waals surface area contributed by atoms with E-state index in [0.29, 0.717) is 19.3 Å². The second-order valence-electron chi connectivity index (χ2n) is 23.4. The van der Waals surface area contributed by atoms with Crippen LogP contribution in [0.25, 0.3) is 0 Å². The molecule has 0 N–H and O–H groups in total. The number of rotatable bonds is 64. The highest BCUT2D eigenvalue weighted by atomic mass is 16.6. The standard InChI is InChI=1S/C75H132O6/c1-4-7-10-13-16-19-22-25-28-30-31-32-33-34-35-36-37-38-39-40-41-42-43-45-47-50-53-56-59-62-65-68-74(77)80-71-72(70-79-73(76)67-64-61-58-55-52-49-46-27-24-21-18-15-12-9-6-3)81-75(78)69-66-63-60-57-54-51-48-44-29-26-23-20-17-14-11-8-5-2/h7,10,16,19,25-26,28-29,31-32,34-35,37-38,72H,4-6,8-9,11-15,17-18,20-24,27,30,33,36,39-71H2,1-3H3/b10-7-,19-16-,28-25-,29-26-,32-31-,35-34-,38-37-. The number of carbonyl (C=O) groups excluding carboxylic acids is 3. The molecule has 0 amide bonds. The molecule has 0 rings (SSSR count). The van der Waals surface area contributed by atoms with E-state index >= 15 is 0 Å². The Morgan fingerprint density at radius 2 is 0.481 bits per heavy atom. The summed E-state index contributed by atoms with van der Waals surface area (Å²) < 4.78 is 17.0. The quantitative estimate of drug-likeness (QED) is 0.0261. The molecule has 1 unspecified atom stereocenters. The van der Waals surface area contributed by atoms with Crippen molar-refractivity contribution >= 4 is 17.9 Å². The number of carbonyl (C=O) groups is 3. The van der Waals surface area contributed by atoms with Crippen molar-refractivity contribution in [2.45, 2.75) is 361 Å². The van der Waals surface area contributed by atoms with Crippen molar-refractivity contribution in [1.82, 2.24) is 0 Å². The highest BCUT2D eigenvalue weighted by Crippen LogP contribution is 2.17. The predicted octanol–water partition coefficient (Wildman–Crippen LogP) is 24.2. The van der Waals surface area contributed by atoms with Crippen molar-refractivity contribution in [3.63, 3.8) is 0 Å². The lowest BCUT2D eigenvalue weighted by Crippen LogP contribution is -2.30. The molecular weight excluding hydrogens is 997 g/mol. The van der Waals surface area contributed by atoms with Crippen LogP contribution < -0.4 is 0 Å². The summed E-state index contributed by atoms with van der Waals surface area (Å²) in [5.74, 6) is -0.860. The van der Waals surface area contributed by atoms with Gasteiger partial charge in [0.05, 0.1) is 0 Å². The molecule has 0 radical (unpaired) electrons. The monoisotopic (exact) mass is 1130 g/mol. The lowest BCUT2D eigenvalue weighted by molar-refractivity contribution is -0.167. The molecule has 0 bridgehead atoms. The van der Waals surface area contributed by atoms with Crippen molar-refractivity contribution in [2.75, 3.05) is 13.2 Å². The van der Waals surface area contributed by atoms with Gasteiger partial charge in [0, 0.05) is 19.3 Å². The third-order valence-electron chi connectivity index (χ3n) is 15.4. The van der Waals surface area contributed by atoms with E-state index in [-0.39, 0.29) is 31.1 Å². The smallest absolute Gasteiger partial charge is 0.306 e. The summed E-state index contributed by atoms with van der Waals surface area (Å²) in [6.07, 6.45) is 91.7. The molecule has 0 aromatic rings. The van der Waals surface area contributed by atoms with E-state index < -0.39 is 6.10 Å². The van der Waals surface area contributed by atoms with Crippen LogP contribution in [0.15, 0.2) is 85.1 Å². The highest BCUT2D eigenvalue weighted by molar-refractivity contribution is 5.71. The molecule has 0 aromatic carbocycles. The van der Waals surface area contributed by atoms with E-state index in [4.69, 9.17) is 14.2 Å². The lowest BCUT2D eigenvalue weighted by Gasteiger charge is -2.18. The van der Waals surface area contributed by atoms with Crippen LogP contribution in [0.3, 0.4) is 0 Å². The first-order chi connectivity index (χ1) is 40.0. The van der Waals surface area contributed by atoms with Crippen LogP contribution in [-0.2, 0) is 28.6 Å². The summed E-state index contributed by atoms with van der Waals surface area (Å²) in [6, 6.07) is 0. The first-order valence-electron chi connectivity index (χ1n) is 35.1. The van der Waals surface area contributed by atoms with Gasteiger partial charge < -0.3 is 14.2 Å². The Morgan fingerprint density at radius 3 is 0.765 bits per heavy atom. The molecule has 1 atom stereocenters. The maximum atomic E-state index is 12.9. The van der Waals surface area contributed by atoms with Gasteiger partial charge in [-0.1, -0.05) is 324 Å². The lowest BCUT2D eigenvalue weighted by atomic mass is 10.0. The van der Waals surface area contributed by atoms with Gasteiger partial charge >= 0.3 is 17.9 Å². The Labute approximate surface area is 503 Å². The molecule has 0 aliphatic heterocycles. The summed E-state index contributed by atoms with van der Waals surface area (Å²) >= 11 is 0. The number of allylic oxidation sites excluding steroid dienone is 14. The Morgan fingerprint density at radius 1 is 0.259 bits per heavy atom. The van der Waals surface area contributed by atoms with Crippen LogP contribution in [0, 0.1) is 0 Å². The maximum absolute atomic E-state index is 12.9. The van der Waals surface area contributed by atoms with E-state index in [9.17, 15) is 14.4 Å². The average molecular weight is 1130 g/mol. The summed E-state index contributed by atoms with van der Waals surface area (Å²) in [6.45, 7) is 6.57. The fraction of sp³-hybridized carbons (Fsp3) is 0.773. The SMILES string of the molecule is CC/C=C\C/C=C\C/C=C\C/C=C\C/C=C\C/C=C\CCCCCCCCCCCCCCC(=O)OCC(COC(=O)CCCCCCCCCCCCCCCCC)OC(=O)CCCCCCCCC/C=C\CCCCCCCC. The molecule has 0 saturated heterocycles. The summed E-state index contributed by atoms with van der Waals surface area (Å²) in [5.41, 5.74) is 0. The van der Waals surface area contributed by atoms with E-state index in [1.165, 1.54) is 218 Å². The Bertz CT molecular complexity index is 1530. The minimum atomic E-state index is -0.778. The molecule has 468 valence electrons. The van der Waals surface area contributed by atoms with Crippen LogP contribution in [0.5, 0.6) is 0 Å². The van der Waals surface area contributed by atoms with Crippen molar-refractivity contribution in [1.29, 1.82) is 0 Å². The van der Waals surface area contributed by atoms with Gasteiger partial charge in [0.2, 0.25) is 0 Å². The fourth-order valence-electron chi connectivity index (χ4n) is 10.2. The second kappa shape index (κ2) is 69.1. The van der Waals surface area contributed by atoms with Crippen LogP contribution >= 0.6 is 0 Å². The molecule has 0 fully saturated rings. The number of ether oxygens (including phenoxy) is 3. The van der Waals surface area contributed by atoms with Crippen LogP contribution in [0.4, 0.5) is 0 Å². The number of hydrogen-bond acceptors (Lipinski definition) is 6. The zero-order valence-electron chi connectivity index (χ0n) is 53.8. The van der Waals surface area contributed by atoms with Crippen LogP contribution in [0.2, 0.25) is 0 Å². The van der Waals surface area contributed by atoms with Gasteiger partial charge in [0.1, 0.15) is 13.2 Å². The molecule has 0 spiro atoms. The average Bonchev–Trinajstić information content (AvgIpc) is 3.47. The predicted molar refractivity (Wildman–Crippen MR) is 353 cm³/mol. The first-order valence-corrected chi connectivity index (χ1v) is 35.1. The number of unbranched alkanes of at least 4 members (excludes halogenated alkanes) is 39. The van der Waals surface area contributed by atoms with E-state index in [0.717, 1.165) is 96.3 Å². The van der Waals surface area contributed by atoms with Gasteiger partial charge in [-0.05, 0) is 96.3 Å². The van der Waals surface area contributed by atoms with Crippen LogP contribution in [0.1, 0.15) is 355 Å². The summed E-state index contributed by atoms with van der Waals surface area (Å²) in [5, 5.41) is 0. The number of esters is 3. The zero-order chi connectivity index (χ0) is 58.5. The van der Waals surface area contributed by atoms with Gasteiger partial charge in [0.15, 0.2) is 6.10 Å².